The monoisotopic (exact) mass is 279 g/mol. The quantitative estimate of drug-likeness (QED) is 0.380. The average molecular weight is 279 g/mol. The molecule has 0 aromatic carbocycles. The molecule has 0 spiro atoms. The van der Waals surface area contributed by atoms with Gasteiger partial charge < -0.3 is 20.4 Å². The molecule has 1 aliphatic carbocycles. The van der Waals surface area contributed by atoms with Gasteiger partial charge in [-0.05, 0) is 37.8 Å². The number of rotatable bonds is 4. The van der Waals surface area contributed by atoms with Gasteiger partial charge in [-0.2, -0.15) is 0 Å². The molecule has 1 saturated carbocycles. The predicted octanol–water partition coefficient (Wildman–Crippen LogP) is 1.82. The zero-order chi connectivity index (χ0) is 14.5. The lowest BCUT2D eigenvalue weighted by Crippen LogP contribution is -2.30. The van der Waals surface area contributed by atoms with Crippen LogP contribution in [-0.2, 0) is 4.74 Å². The second-order valence-electron chi connectivity index (χ2n) is 5.06. The van der Waals surface area contributed by atoms with E-state index in [4.69, 9.17) is 20.4 Å². The first-order chi connectivity index (χ1) is 9.65. The molecule has 0 saturated heterocycles. The van der Waals surface area contributed by atoms with Crippen LogP contribution in [0.3, 0.4) is 0 Å². The lowest BCUT2D eigenvalue weighted by Gasteiger charge is -2.28. The Labute approximate surface area is 118 Å². The maximum Gasteiger partial charge on any atom is 0.225 e. The number of aromatic nitrogens is 1. The van der Waals surface area contributed by atoms with Gasteiger partial charge in [-0.1, -0.05) is 5.16 Å². The van der Waals surface area contributed by atoms with E-state index >= 15 is 0 Å². The van der Waals surface area contributed by atoms with Gasteiger partial charge in [-0.25, -0.2) is 4.98 Å². The molecule has 1 heterocycles. The number of hydrogen-bond acceptors (Lipinski definition) is 5. The summed E-state index contributed by atoms with van der Waals surface area (Å²) < 4.78 is 11.4. The Hall–Kier alpha value is -1.82. The fraction of sp³-hybridized carbons (Fsp3) is 0.571. The van der Waals surface area contributed by atoms with E-state index in [1.807, 2.05) is 6.92 Å². The molecule has 6 heteroatoms. The van der Waals surface area contributed by atoms with Crippen molar-refractivity contribution in [2.75, 3.05) is 7.11 Å². The topological polar surface area (TPSA) is 90.0 Å². The summed E-state index contributed by atoms with van der Waals surface area (Å²) in [6.07, 6.45) is 5.86. The second kappa shape index (κ2) is 6.56. The van der Waals surface area contributed by atoms with Crippen molar-refractivity contribution in [1.29, 1.82) is 0 Å². The van der Waals surface area contributed by atoms with Crippen molar-refractivity contribution in [1.82, 2.24) is 4.98 Å². The predicted molar refractivity (Wildman–Crippen MR) is 75.2 cm³/mol. The molecule has 0 bridgehead atoms. The summed E-state index contributed by atoms with van der Waals surface area (Å²) in [6, 6.07) is 1.80. The summed E-state index contributed by atoms with van der Waals surface area (Å²) in [7, 11) is 1.72. The van der Waals surface area contributed by atoms with Crippen LogP contribution in [0.5, 0.6) is 5.88 Å². The number of amidine groups is 1. The minimum absolute atomic E-state index is 0.0182. The van der Waals surface area contributed by atoms with E-state index in [2.05, 4.69) is 10.1 Å². The standard InChI is InChI=1S/C14H21N3O3/c1-9-6-7-16-14(12(9)13(15)17-18)20-11-5-3-4-10(8-11)19-2/h6-7,10-11,18H,3-5,8H2,1-2H3,(H2,15,17). The Morgan fingerprint density at radius 2 is 2.20 bits per heavy atom. The Bertz CT molecular complexity index is 491. The van der Waals surface area contributed by atoms with Crippen molar-refractivity contribution in [3.8, 4) is 5.88 Å². The Morgan fingerprint density at radius 3 is 2.90 bits per heavy atom. The van der Waals surface area contributed by atoms with Crippen molar-refractivity contribution in [2.24, 2.45) is 10.9 Å². The smallest absolute Gasteiger partial charge is 0.225 e. The first-order valence-electron chi connectivity index (χ1n) is 6.78. The van der Waals surface area contributed by atoms with E-state index in [1.165, 1.54) is 0 Å². The number of pyridine rings is 1. The molecule has 2 rings (SSSR count). The van der Waals surface area contributed by atoms with Crippen LogP contribution >= 0.6 is 0 Å². The number of nitrogens with zero attached hydrogens (tertiary/aromatic N) is 2. The van der Waals surface area contributed by atoms with E-state index in [0.717, 1.165) is 31.2 Å². The van der Waals surface area contributed by atoms with Gasteiger partial charge >= 0.3 is 0 Å². The first-order valence-corrected chi connectivity index (χ1v) is 6.78. The van der Waals surface area contributed by atoms with Crippen LogP contribution in [0.1, 0.15) is 36.8 Å². The van der Waals surface area contributed by atoms with Crippen molar-refractivity contribution in [3.63, 3.8) is 0 Å². The molecule has 1 aromatic rings. The molecule has 0 radical (unpaired) electrons. The normalized spacial score (nSPS) is 23.6. The second-order valence-corrected chi connectivity index (χ2v) is 5.06. The van der Waals surface area contributed by atoms with Crippen LogP contribution in [0.2, 0.25) is 0 Å². The van der Waals surface area contributed by atoms with Crippen LogP contribution in [0.4, 0.5) is 0 Å². The van der Waals surface area contributed by atoms with Crippen molar-refractivity contribution in [2.45, 2.75) is 44.8 Å². The number of aryl methyl sites for hydroxylation is 1. The third-order valence-corrected chi connectivity index (χ3v) is 3.68. The molecule has 3 N–H and O–H groups in total. The number of nitrogens with two attached hydrogens (primary N) is 1. The van der Waals surface area contributed by atoms with Gasteiger partial charge in [-0.3, -0.25) is 0 Å². The zero-order valence-electron chi connectivity index (χ0n) is 11.9. The third-order valence-electron chi connectivity index (χ3n) is 3.68. The lowest BCUT2D eigenvalue weighted by molar-refractivity contribution is 0.0194. The Balaban J connectivity index is 2.19. The molecule has 1 aromatic heterocycles. The molecule has 1 fully saturated rings. The van der Waals surface area contributed by atoms with Gasteiger partial charge in [0.2, 0.25) is 5.88 Å². The van der Waals surface area contributed by atoms with E-state index in [-0.39, 0.29) is 18.0 Å². The summed E-state index contributed by atoms with van der Waals surface area (Å²) >= 11 is 0. The van der Waals surface area contributed by atoms with Crippen molar-refractivity contribution >= 4 is 5.84 Å². The molecule has 110 valence electrons. The third kappa shape index (κ3) is 3.19. The SMILES string of the molecule is COC1CCCC(Oc2nccc(C)c2/C(N)=N/O)C1. The molecular weight excluding hydrogens is 258 g/mol. The highest BCUT2D eigenvalue weighted by atomic mass is 16.5. The number of oxime groups is 1. The van der Waals surface area contributed by atoms with Crippen LogP contribution in [-0.4, -0.2) is 35.3 Å². The molecular formula is C14H21N3O3. The molecule has 20 heavy (non-hydrogen) atoms. The Morgan fingerprint density at radius 1 is 1.45 bits per heavy atom. The zero-order valence-corrected chi connectivity index (χ0v) is 11.9. The van der Waals surface area contributed by atoms with Crippen molar-refractivity contribution < 1.29 is 14.7 Å². The van der Waals surface area contributed by atoms with E-state index in [9.17, 15) is 0 Å². The molecule has 0 amide bonds. The number of methoxy groups -OCH3 is 1. The van der Waals surface area contributed by atoms with E-state index in [1.54, 1.807) is 19.4 Å². The number of hydrogen-bond donors (Lipinski definition) is 2. The fourth-order valence-electron chi connectivity index (χ4n) is 2.57. The van der Waals surface area contributed by atoms with Crippen molar-refractivity contribution in [3.05, 3.63) is 23.4 Å². The highest BCUT2D eigenvalue weighted by Crippen LogP contribution is 2.27. The maximum absolute atomic E-state index is 8.88. The molecule has 6 nitrogen and oxygen atoms in total. The summed E-state index contributed by atoms with van der Waals surface area (Å²) in [5.41, 5.74) is 7.13. The summed E-state index contributed by atoms with van der Waals surface area (Å²) in [5, 5.41) is 11.9. The average Bonchev–Trinajstić information content (AvgIpc) is 2.47. The maximum atomic E-state index is 8.88. The van der Waals surface area contributed by atoms with E-state index in [0.29, 0.717) is 11.4 Å². The molecule has 1 aliphatic rings. The molecule has 2 atom stereocenters. The highest BCUT2D eigenvalue weighted by molar-refractivity contribution is 6.00. The largest absolute Gasteiger partial charge is 0.474 e. The van der Waals surface area contributed by atoms with Crippen LogP contribution in [0.15, 0.2) is 17.4 Å². The first kappa shape index (κ1) is 14.6. The van der Waals surface area contributed by atoms with Crippen LogP contribution < -0.4 is 10.5 Å². The van der Waals surface area contributed by atoms with Gasteiger partial charge in [-0.15, -0.1) is 0 Å². The van der Waals surface area contributed by atoms with Gasteiger partial charge in [0.05, 0.1) is 11.7 Å². The Kier molecular flexibility index (Phi) is 4.79. The van der Waals surface area contributed by atoms with Gasteiger partial charge in [0.15, 0.2) is 5.84 Å². The van der Waals surface area contributed by atoms with E-state index < -0.39 is 0 Å². The van der Waals surface area contributed by atoms with Crippen LogP contribution in [0, 0.1) is 6.92 Å². The minimum atomic E-state index is 0.0182. The van der Waals surface area contributed by atoms with Gasteiger partial charge in [0, 0.05) is 19.7 Å². The summed E-state index contributed by atoms with van der Waals surface area (Å²) in [6.45, 7) is 1.88. The summed E-state index contributed by atoms with van der Waals surface area (Å²) in [4.78, 5) is 4.22. The van der Waals surface area contributed by atoms with Crippen LogP contribution in [0.25, 0.3) is 0 Å². The highest BCUT2D eigenvalue weighted by Gasteiger charge is 2.25. The molecule has 0 aliphatic heterocycles. The minimum Gasteiger partial charge on any atom is -0.474 e. The van der Waals surface area contributed by atoms with Gasteiger partial charge in [0.1, 0.15) is 6.10 Å². The fourth-order valence-corrected chi connectivity index (χ4v) is 2.57. The number of ether oxygens (including phenoxy) is 2. The van der Waals surface area contributed by atoms with Gasteiger partial charge in [0.25, 0.3) is 0 Å². The summed E-state index contributed by atoms with van der Waals surface area (Å²) in [5.74, 6) is 0.437. The lowest BCUT2D eigenvalue weighted by atomic mass is 9.95. The molecule has 2 unspecified atom stereocenters.